The summed E-state index contributed by atoms with van der Waals surface area (Å²) in [4.78, 5) is 12.2. The predicted molar refractivity (Wildman–Crippen MR) is 106 cm³/mol. The molecule has 1 heterocycles. The lowest BCUT2D eigenvalue weighted by Gasteiger charge is -2.09. The minimum absolute atomic E-state index is 0.0739. The van der Waals surface area contributed by atoms with Gasteiger partial charge in [-0.15, -0.1) is 10.2 Å². The van der Waals surface area contributed by atoms with Crippen molar-refractivity contribution in [3.63, 3.8) is 0 Å². The SMILES string of the molecule is CCn1c(Cc2ccccc2)nnc1SCC(=O)Nc1ccc(C(F)(F)F)cc1. The van der Waals surface area contributed by atoms with Crippen LogP contribution in [0.15, 0.2) is 59.8 Å². The van der Waals surface area contributed by atoms with E-state index in [1.165, 1.54) is 23.9 Å². The maximum absolute atomic E-state index is 12.6. The van der Waals surface area contributed by atoms with Crippen molar-refractivity contribution in [2.75, 3.05) is 11.1 Å². The van der Waals surface area contributed by atoms with Crippen LogP contribution in [0.5, 0.6) is 0 Å². The van der Waals surface area contributed by atoms with Crippen molar-refractivity contribution >= 4 is 23.4 Å². The molecule has 0 aliphatic rings. The molecule has 2 aromatic carbocycles. The molecule has 0 spiro atoms. The third-order valence-electron chi connectivity index (χ3n) is 4.14. The number of aromatic nitrogens is 3. The van der Waals surface area contributed by atoms with Gasteiger partial charge in [0.05, 0.1) is 11.3 Å². The van der Waals surface area contributed by atoms with Gasteiger partial charge < -0.3 is 9.88 Å². The van der Waals surface area contributed by atoms with Crippen molar-refractivity contribution < 1.29 is 18.0 Å². The van der Waals surface area contributed by atoms with Gasteiger partial charge in [0.2, 0.25) is 5.91 Å². The lowest BCUT2D eigenvalue weighted by atomic mass is 10.1. The summed E-state index contributed by atoms with van der Waals surface area (Å²) in [5.41, 5.74) is 0.670. The fourth-order valence-corrected chi connectivity index (χ4v) is 3.54. The van der Waals surface area contributed by atoms with Gasteiger partial charge in [-0.2, -0.15) is 13.2 Å². The van der Waals surface area contributed by atoms with Crippen LogP contribution in [0.2, 0.25) is 0 Å². The fourth-order valence-electron chi connectivity index (χ4n) is 2.72. The van der Waals surface area contributed by atoms with E-state index in [2.05, 4.69) is 15.5 Å². The summed E-state index contributed by atoms with van der Waals surface area (Å²) in [7, 11) is 0. The second kappa shape index (κ2) is 9.13. The first-order valence-electron chi connectivity index (χ1n) is 8.92. The molecule has 0 unspecified atom stereocenters. The van der Waals surface area contributed by atoms with Crippen LogP contribution in [0, 0.1) is 0 Å². The molecule has 5 nitrogen and oxygen atoms in total. The van der Waals surface area contributed by atoms with Crippen molar-refractivity contribution in [2.45, 2.75) is 31.2 Å². The number of nitrogens with one attached hydrogen (secondary N) is 1. The molecular weight excluding hydrogens is 401 g/mol. The van der Waals surface area contributed by atoms with E-state index in [0.717, 1.165) is 23.5 Å². The maximum atomic E-state index is 12.6. The highest BCUT2D eigenvalue weighted by Gasteiger charge is 2.30. The average Bonchev–Trinajstić information content (AvgIpc) is 3.08. The van der Waals surface area contributed by atoms with Crippen molar-refractivity contribution in [3.05, 3.63) is 71.5 Å². The molecule has 1 aromatic heterocycles. The smallest absolute Gasteiger partial charge is 0.325 e. The third-order valence-corrected chi connectivity index (χ3v) is 5.11. The number of anilines is 1. The Morgan fingerprint density at radius 3 is 2.38 bits per heavy atom. The first kappa shape index (κ1) is 20.9. The van der Waals surface area contributed by atoms with Crippen LogP contribution in [0.3, 0.4) is 0 Å². The van der Waals surface area contributed by atoms with E-state index in [-0.39, 0.29) is 11.7 Å². The first-order chi connectivity index (χ1) is 13.9. The maximum Gasteiger partial charge on any atom is 0.416 e. The van der Waals surface area contributed by atoms with Crippen LogP contribution < -0.4 is 5.32 Å². The highest BCUT2D eigenvalue weighted by molar-refractivity contribution is 7.99. The predicted octanol–water partition coefficient (Wildman–Crippen LogP) is 4.64. The van der Waals surface area contributed by atoms with Crippen LogP contribution in [-0.4, -0.2) is 26.4 Å². The number of carbonyl (C=O) groups excluding carboxylic acids is 1. The summed E-state index contributed by atoms with van der Waals surface area (Å²) in [5.74, 6) is 0.555. The lowest BCUT2D eigenvalue weighted by molar-refractivity contribution is -0.137. The highest BCUT2D eigenvalue weighted by Crippen LogP contribution is 2.29. The van der Waals surface area contributed by atoms with Gasteiger partial charge in [-0.05, 0) is 36.8 Å². The molecule has 9 heteroatoms. The van der Waals surface area contributed by atoms with Crippen LogP contribution in [-0.2, 0) is 23.9 Å². The van der Waals surface area contributed by atoms with Gasteiger partial charge in [0.25, 0.3) is 0 Å². The van der Waals surface area contributed by atoms with Gasteiger partial charge in [0.15, 0.2) is 5.16 Å². The van der Waals surface area contributed by atoms with E-state index >= 15 is 0 Å². The van der Waals surface area contributed by atoms with Crippen LogP contribution >= 0.6 is 11.8 Å². The topological polar surface area (TPSA) is 59.8 Å². The molecular formula is C20H19F3N4OS. The second-order valence-electron chi connectivity index (χ2n) is 6.22. The van der Waals surface area contributed by atoms with Crippen molar-refractivity contribution in [3.8, 4) is 0 Å². The summed E-state index contributed by atoms with van der Waals surface area (Å²) in [6, 6.07) is 14.2. The molecule has 0 saturated carbocycles. The normalized spacial score (nSPS) is 11.4. The summed E-state index contributed by atoms with van der Waals surface area (Å²) >= 11 is 1.24. The molecule has 0 aliphatic heterocycles. The van der Waals surface area contributed by atoms with Gasteiger partial charge in [-0.1, -0.05) is 42.1 Å². The fraction of sp³-hybridized carbons (Fsp3) is 0.250. The molecule has 0 radical (unpaired) electrons. The Balaban J connectivity index is 1.59. The molecule has 0 saturated heterocycles. The number of hydrogen-bond acceptors (Lipinski definition) is 4. The standard InChI is InChI=1S/C20H19F3N4OS/c1-2-27-17(12-14-6-4-3-5-7-14)25-26-19(27)29-13-18(28)24-16-10-8-15(9-11-16)20(21,22)23/h3-11H,2,12-13H2,1H3,(H,24,28). The minimum Gasteiger partial charge on any atom is -0.325 e. The number of amides is 1. The van der Waals surface area contributed by atoms with E-state index in [9.17, 15) is 18.0 Å². The molecule has 3 rings (SSSR count). The Kier molecular flexibility index (Phi) is 6.58. The monoisotopic (exact) mass is 420 g/mol. The summed E-state index contributed by atoms with van der Waals surface area (Å²) in [5, 5.41) is 11.6. The summed E-state index contributed by atoms with van der Waals surface area (Å²) < 4.78 is 39.7. The molecule has 0 bridgehead atoms. The summed E-state index contributed by atoms with van der Waals surface area (Å²) in [6.07, 6.45) is -3.76. The van der Waals surface area contributed by atoms with Crippen molar-refractivity contribution in [1.82, 2.24) is 14.8 Å². The van der Waals surface area contributed by atoms with Crippen LogP contribution in [0.1, 0.15) is 23.9 Å². The number of carbonyl (C=O) groups is 1. The zero-order valence-electron chi connectivity index (χ0n) is 15.6. The highest BCUT2D eigenvalue weighted by atomic mass is 32.2. The third kappa shape index (κ3) is 5.60. The van der Waals surface area contributed by atoms with E-state index in [4.69, 9.17) is 0 Å². The van der Waals surface area contributed by atoms with Crippen LogP contribution in [0.25, 0.3) is 0 Å². The number of rotatable bonds is 7. The number of alkyl halides is 3. The van der Waals surface area contributed by atoms with Crippen molar-refractivity contribution in [2.24, 2.45) is 0 Å². The molecule has 0 aliphatic carbocycles. The molecule has 152 valence electrons. The molecule has 1 amide bonds. The van der Waals surface area contributed by atoms with Gasteiger partial charge >= 0.3 is 6.18 Å². The van der Waals surface area contributed by atoms with Crippen molar-refractivity contribution in [1.29, 1.82) is 0 Å². The van der Waals surface area contributed by atoms with E-state index in [1.807, 2.05) is 41.8 Å². The first-order valence-corrected chi connectivity index (χ1v) is 9.91. The van der Waals surface area contributed by atoms with E-state index < -0.39 is 11.7 Å². The molecule has 1 N–H and O–H groups in total. The van der Waals surface area contributed by atoms with E-state index in [0.29, 0.717) is 23.8 Å². The Labute approximate surface area is 170 Å². The largest absolute Gasteiger partial charge is 0.416 e. The lowest BCUT2D eigenvalue weighted by Crippen LogP contribution is -2.15. The Morgan fingerprint density at radius 2 is 1.76 bits per heavy atom. The molecule has 29 heavy (non-hydrogen) atoms. The van der Waals surface area contributed by atoms with Gasteiger partial charge in [-0.25, -0.2) is 0 Å². The quantitative estimate of drug-likeness (QED) is 0.566. The van der Waals surface area contributed by atoms with Gasteiger partial charge in [0, 0.05) is 18.7 Å². The number of benzene rings is 2. The number of thioether (sulfide) groups is 1. The number of halogens is 3. The number of hydrogen-bond donors (Lipinski definition) is 1. The van der Waals surface area contributed by atoms with E-state index in [1.54, 1.807) is 0 Å². The number of nitrogens with zero attached hydrogens (tertiary/aromatic N) is 3. The zero-order valence-corrected chi connectivity index (χ0v) is 16.4. The minimum atomic E-state index is -4.40. The average molecular weight is 420 g/mol. The summed E-state index contributed by atoms with van der Waals surface area (Å²) in [6.45, 7) is 2.64. The Bertz CT molecular complexity index is 956. The second-order valence-corrected chi connectivity index (χ2v) is 7.16. The Hall–Kier alpha value is -2.81. The van der Waals surface area contributed by atoms with Gasteiger partial charge in [-0.3, -0.25) is 4.79 Å². The molecule has 3 aromatic rings. The molecule has 0 fully saturated rings. The van der Waals surface area contributed by atoms with Crippen LogP contribution in [0.4, 0.5) is 18.9 Å². The Morgan fingerprint density at radius 1 is 1.07 bits per heavy atom. The molecule has 0 atom stereocenters. The van der Waals surface area contributed by atoms with Gasteiger partial charge in [0.1, 0.15) is 5.82 Å². The zero-order chi connectivity index (χ0) is 20.9.